The highest BCUT2D eigenvalue weighted by atomic mass is 15.4. The maximum Gasteiger partial charge on any atom is 0.100 e. The highest BCUT2D eigenvalue weighted by Crippen LogP contribution is 2.35. The van der Waals surface area contributed by atoms with Crippen LogP contribution in [0.5, 0.6) is 0 Å². The van der Waals surface area contributed by atoms with Gasteiger partial charge in [-0.25, -0.2) is 4.68 Å². The Bertz CT molecular complexity index is 410. The lowest BCUT2D eigenvalue weighted by Crippen LogP contribution is -2.09. The summed E-state index contributed by atoms with van der Waals surface area (Å²) < 4.78 is 2.07. The van der Waals surface area contributed by atoms with E-state index in [2.05, 4.69) is 28.0 Å². The largest absolute Gasteiger partial charge is 0.249 e. The zero-order valence-electron chi connectivity index (χ0n) is 11.2. The first-order valence-corrected chi connectivity index (χ1v) is 7.16. The van der Waals surface area contributed by atoms with E-state index in [0.717, 1.165) is 18.7 Å². The second kappa shape index (κ2) is 6.53. The topological polar surface area (TPSA) is 54.5 Å². The lowest BCUT2D eigenvalue weighted by molar-refractivity contribution is 0.499. The van der Waals surface area contributed by atoms with Crippen LogP contribution < -0.4 is 0 Å². The van der Waals surface area contributed by atoms with Gasteiger partial charge in [-0.3, -0.25) is 0 Å². The van der Waals surface area contributed by atoms with Crippen LogP contribution in [0.2, 0.25) is 0 Å². The van der Waals surface area contributed by atoms with Crippen molar-refractivity contribution >= 4 is 0 Å². The predicted molar refractivity (Wildman–Crippen MR) is 70.1 cm³/mol. The molecule has 1 saturated carbocycles. The van der Waals surface area contributed by atoms with Gasteiger partial charge in [0, 0.05) is 12.5 Å². The zero-order chi connectivity index (χ0) is 12.8. The van der Waals surface area contributed by atoms with Crippen molar-refractivity contribution in [2.24, 2.45) is 0 Å². The van der Waals surface area contributed by atoms with Gasteiger partial charge in [0.2, 0.25) is 0 Å². The van der Waals surface area contributed by atoms with Gasteiger partial charge in [0.25, 0.3) is 0 Å². The standard InChI is InChI=1S/C14H22N4/c1-2-3-6-11-18-14(12-7-4-5-8-12)13(9-10-15)16-17-18/h12H,2-9,11H2,1H3. The Morgan fingerprint density at radius 3 is 2.78 bits per heavy atom. The van der Waals surface area contributed by atoms with E-state index >= 15 is 0 Å². The molecule has 1 aromatic rings. The van der Waals surface area contributed by atoms with Crippen molar-refractivity contribution in [1.82, 2.24) is 15.0 Å². The molecular weight excluding hydrogens is 224 g/mol. The van der Waals surface area contributed by atoms with Crippen LogP contribution in [0.15, 0.2) is 0 Å². The molecule has 1 aromatic heterocycles. The molecule has 1 aliphatic carbocycles. The first-order chi connectivity index (χ1) is 8.86. The quantitative estimate of drug-likeness (QED) is 0.724. The maximum absolute atomic E-state index is 8.88. The average Bonchev–Trinajstić information content (AvgIpc) is 2.99. The Balaban J connectivity index is 2.14. The van der Waals surface area contributed by atoms with Gasteiger partial charge in [-0.1, -0.05) is 37.8 Å². The van der Waals surface area contributed by atoms with E-state index in [1.54, 1.807) is 0 Å². The fourth-order valence-electron chi connectivity index (χ4n) is 2.88. The van der Waals surface area contributed by atoms with Crippen LogP contribution in [-0.4, -0.2) is 15.0 Å². The van der Waals surface area contributed by atoms with Crippen molar-refractivity contribution < 1.29 is 0 Å². The monoisotopic (exact) mass is 246 g/mol. The molecular formula is C14H22N4. The Morgan fingerprint density at radius 1 is 1.33 bits per heavy atom. The molecule has 0 aromatic carbocycles. The van der Waals surface area contributed by atoms with Gasteiger partial charge < -0.3 is 0 Å². The maximum atomic E-state index is 8.88. The second-order valence-electron chi connectivity index (χ2n) is 5.17. The van der Waals surface area contributed by atoms with Crippen molar-refractivity contribution in [3.05, 3.63) is 11.4 Å². The van der Waals surface area contributed by atoms with Crippen molar-refractivity contribution in [3.63, 3.8) is 0 Å². The van der Waals surface area contributed by atoms with Crippen molar-refractivity contribution in [2.75, 3.05) is 0 Å². The third-order valence-corrected chi connectivity index (χ3v) is 3.81. The minimum Gasteiger partial charge on any atom is -0.249 e. The van der Waals surface area contributed by atoms with E-state index in [4.69, 9.17) is 5.26 Å². The normalized spacial score (nSPS) is 16.0. The first-order valence-electron chi connectivity index (χ1n) is 7.16. The Kier molecular flexibility index (Phi) is 4.74. The number of nitrogens with zero attached hydrogens (tertiary/aromatic N) is 4. The molecule has 18 heavy (non-hydrogen) atoms. The summed E-state index contributed by atoms with van der Waals surface area (Å²) in [4.78, 5) is 0. The molecule has 0 N–H and O–H groups in total. The lowest BCUT2D eigenvalue weighted by Gasteiger charge is -2.13. The zero-order valence-corrected chi connectivity index (χ0v) is 11.2. The number of rotatable bonds is 6. The van der Waals surface area contributed by atoms with E-state index in [-0.39, 0.29) is 0 Å². The molecule has 1 aliphatic rings. The third-order valence-electron chi connectivity index (χ3n) is 3.81. The molecule has 1 heterocycles. The number of aromatic nitrogens is 3. The van der Waals surface area contributed by atoms with Gasteiger partial charge in [0.15, 0.2) is 0 Å². The van der Waals surface area contributed by atoms with Crippen molar-refractivity contribution in [1.29, 1.82) is 5.26 Å². The molecule has 1 fully saturated rings. The summed E-state index contributed by atoms with van der Waals surface area (Å²) in [5.74, 6) is 0.588. The summed E-state index contributed by atoms with van der Waals surface area (Å²) in [5.41, 5.74) is 2.17. The number of hydrogen-bond acceptors (Lipinski definition) is 3. The Hall–Kier alpha value is -1.37. The average molecular weight is 246 g/mol. The van der Waals surface area contributed by atoms with E-state index in [9.17, 15) is 0 Å². The van der Waals surface area contributed by atoms with Gasteiger partial charge in [-0.05, 0) is 19.3 Å². The Morgan fingerprint density at radius 2 is 2.11 bits per heavy atom. The highest BCUT2D eigenvalue weighted by Gasteiger charge is 2.25. The predicted octanol–water partition coefficient (Wildman–Crippen LogP) is 3.19. The van der Waals surface area contributed by atoms with Gasteiger partial charge in [0.1, 0.15) is 5.69 Å². The molecule has 0 atom stereocenters. The minimum absolute atomic E-state index is 0.402. The van der Waals surface area contributed by atoms with E-state index in [0.29, 0.717) is 12.3 Å². The molecule has 0 unspecified atom stereocenters. The van der Waals surface area contributed by atoms with Crippen LogP contribution in [0.25, 0.3) is 0 Å². The fraction of sp³-hybridized carbons (Fsp3) is 0.786. The van der Waals surface area contributed by atoms with Gasteiger partial charge >= 0.3 is 0 Å². The van der Waals surface area contributed by atoms with E-state index in [1.165, 1.54) is 44.2 Å². The number of unbranched alkanes of at least 4 members (excludes halogenated alkanes) is 2. The second-order valence-corrected chi connectivity index (χ2v) is 5.17. The van der Waals surface area contributed by atoms with Crippen LogP contribution in [0.3, 0.4) is 0 Å². The van der Waals surface area contributed by atoms with Gasteiger partial charge in [-0.15, -0.1) is 5.10 Å². The summed E-state index contributed by atoms with van der Waals surface area (Å²) in [5, 5.41) is 17.4. The van der Waals surface area contributed by atoms with Gasteiger partial charge in [0.05, 0.1) is 18.2 Å². The molecule has 4 heteroatoms. The first kappa shape index (κ1) is 13.1. The SMILES string of the molecule is CCCCCn1nnc(CC#N)c1C1CCCC1. The molecule has 0 radical (unpaired) electrons. The molecule has 0 amide bonds. The minimum atomic E-state index is 0.402. The third kappa shape index (κ3) is 2.90. The molecule has 0 bridgehead atoms. The molecule has 4 nitrogen and oxygen atoms in total. The van der Waals surface area contributed by atoms with Crippen LogP contribution in [-0.2, 0) is 13.0 Å². The summed E-state index contributed by atoms with van der Waals surface area (Å²) >= 11 is 0. The molecule has 0 spiro atoms. The van der Waals surface area contributed by atoms with Crippen LogP contribution in [0.4, 0.5) is 0 Å². The van der Waals surface area contributed by atoms with E-state index < -0.39 is 0 Å². The van der Waals surface area contributed by atoms with E-state index in [1.807, 2.05) is 0 Å². The lowest BCUT2D eigenvalue weighted by atomic mass is 10.0. The number of aryl methyl sites for hydroxylation is 1. The summed E-state index contributed by atoms with van der Waals surface area (Å²) in [6.45, 7) is 3.17. The van der Waals surface area contributed by atoms with Crippen molar-refractivity contribution in [2.45, 2.75) is 70.8 Å². The summed E-state index contributed by atoms with van der Waals surface area (Å²) in [7, 11) is 0. The van der Waals surface area contributed by atoms with Crippen molar-refractivity contribution in [3.8, 4) is 6.07 Å². The van der Waals surface area contributed by atoms with Gasteiger partial charge in [-0.2, -0.15) is 5.26 Å². The number of nitriles is 1. The molecule has 0 aliphatic heterocycles. The van der Waals surface area contributed by atoms with Crippen LogP contribution >= 0.6 is 0 Å². The molecule has 98 valence electrons. The number of hydrogen-bond donors (Lipinski definition) is 0. The van der Waals surface area contributed by atoms with Crippen LogP contribution in [0, 0.1) is 11.3 Å². The summed E-state index contributed by atoms with van der Waals surface area (Å²) in [6, 6.07) is 2.21. The molecule has 0 saturated heterocycles. The van der Waals surface area contributed by atoms with Crippen LogP contribution in [0.1, 0.15) is 69.2 Å². The smallest absolute Gasteiger partial charge is 0.100 e. The summed E-state index contributed by atoms with van der Waals surface area (Å²) in [6.07, 6.45) is 9.09. The Labute approximate surface area is 109 Å². The fourth-order valence-corrected chi connectivity index (χ4v) is 2.88. The molecule has 2 rings (SSSR count). The highest BCUT2D eigenvalue weighted by molar-refractivity contribution is 5.19.